The third-order valence-electron chi connectivity index (χ3n) is 3.03. The Bertz CT molecular complexity index is 724. The predicted molar refractivity (Wildman–Crippen MR) is 90.8 cm³/mol. The zero-order chi connectivity index (χ0) is 15.5. The summed E-state index contributed by atoms with van der Waals surface area (Å²) in [6.45, 7) is 1.82. The van der Waals surface area contributed by atoms with Crippen LogP contribution in [0.4, 0.5) is 0 Å². The first kappa shape index (κ1) is 16.1. The lowest BCUT2D eigenvalue weighted by atomic mass is 10.1. The minimum absolute atomic E-state index is 0.144. The van der Waals surface area contributed by atoms with Gasteiger partial charge in [0, 0.05) is 11.6 Å². The van der Waals surface area contributed by atoms with E-state index in [1.165, 1.54) is 11.3 Å². The molecule has 0 bridgehead atoms. The maximum atomic E-state index is 12.3. The minimum atomic E-state index is -3.48. The monoisotopic (exact) mass is 340 g/mol. The summed E-state index contributed by atoms with van der Waals surface area (Å²) in [5.74, 6) is -0.144. The molecule has 0 fully saturated rings. The Kier molecular flexibility index (Phi) is 5.10. The quantitative estimate of drug-likeness (QED) is 0.793. The van der Waals surface area contributed by atoms with Crippen molar-refractivity contribution < 1.29 is 8.42 Å². The molecule has 112 valence electrons. The average Bonchev–Trinajstić information content (AvgIpc) is 2.91. The van der Waals surface area contributed by atoms with E-state index in [1.54, 1.807) is 24.3 Å². The predicted octanol–water partition coefficient (Wildman–Crippen LogP) is 2.56. The largest absolute Gasteiger partial charge is 0.389 e. The lowest BCUT2D eigenvalue weighted by molar-refractivity contribution is 0.566. The molecule has 0 radical (unpaired) electrons. The maximum Gasteiger partial charge on any atom is 0.216 e. The van der Waals surface area contributed by atoms with Gasteiger partial charge in [0.1, 0.15) is 4.99 Å². The van der Waals surface area contributed by atoms with Gasteiger partial charge in [0.25, 0.3) is 0 Å². The molecule has 2 rings (SSSR count). The molecular weight excluding hydrogens is 324 g/mol. The van der Waals surface area contributed by atoms with E-state index < -0.39 is 10.0 Å². The molecule has 0 spiro atoms. The molecule has 1 aromatic heterocycles. The molecule has 0 aliphatic carbocycles. The summed E-state index contributed by atoms with van der Waals surface area (Å²) in [4.78, 5) is 0.201. The average molecular weight is 340 g/mol. The molecule has 3 N–H and O–H groups in total. The van der Waals surface area contributed by atoms with Crippen molar-refractivity contribution in [3.63, 3.8) is 0 Å². The number of nitrogens with one attached hydrogen (secondary N) is 1. The van der Waals surface area contributed by atoms with Crippen molar-refractivity contribution in [1.82, 2.24) is 4.72 Å². The van der Waals surface area contributed by atoms with Crippen molar-refractivity contribution >= 4 is 38.6 Å². The van der Waals surface area contributed by atoms with Crippen molar-refractivity contribution in [3.8, 4) is 0 Å². The van der Waals surface area contributed by atoms with Crippen LogP contribution in [0, 0.1) is 0 Å². The zero-order valence-electron chi connectivity index (χ0n) is 11.4. The molecule has 0 aliphatic rings. The Morgan fingerprint density at radius 3 is 2.71 bits per heavy atom. The normalized spacial score (nSPS) is 13.0. The Morgan fingerprint density at radius 1 is 1.38 bits per heavy atom. The van der Waals surface area contributed by atoms with E-state index in [9.17, 15) is 8.42 Å². The standard InChI is InChI=1S/C14H16N2O2S3/c1-10(11-6-7-20-8-11)16-21(17,18)9-12-4-2-3-5-13(12)14(15)19/h2-8,10,16H,9H2,1H3,(H2,15,19). The van der Waals surface area contributed by atoms with Gasteiger partial charge in [-0.3, -0.25) is 0 Å². The van der Waals surface area contributed by atoms with Gasteiger partial charge in [-0.05, 0) is 34.9 Å². The second-order valence-corrected chi connectivity index (χ2v) is 7.65. The second-order valence-electron chi connectivity index (χ2n) is 4.68. The van der Waals surface area contributed by atoms with Crippen LogP contribution in [-0.4, -0.2) is 13.4 Å². The van der Waals surface area contributed by atoms with Crippen molar-refractivity contribution in [1.29, 1.82) is 0 Å². The Balaban J connectivity index is 2.17. The molecule has 0 saturated carbocycles. The van der Waals surface area contributed by atoms with Crippen LogP contribution in [0.3, 0.4) is 0 Å². The molecule has 0 amide bonds. The van der Waals surface area contributed by atoms with Crippen molar-refractivity contribution in [3.05, 3.63) is 57.8 Å². The summed E-state index contributed by atoms with van der Waals surface area (Å²) >= 11 is 6.49. The topological polar surface area (TPSA) is 72.2 Å². The van der Waals surface area contributed by atoms with E-state index in [0.29, 0.717) is 11.1 Å². The van der Waals surface area contributed by atoms with Crippen molar-refractivity contribution in [2.75, 3.05) is 0 Å². The third kappa shape index (κ3) is 4.34. The molecule has 7 heteroatoms. The summed E-state index contributed by atoms with van der Waals surface area (Å²) in [7, 11) is -3.48. The summed E-state index contributed by atoms with van der Waals surface area (Å²) in [5.41, 5.74) is 7.78. The molecule has 0 aliphatic heterocycles. The lowest BCUT2D eigenvalue weighted by Gasteiger charge is -2.14. The molecule has 1 unspecified atom stereocenters. The summed E-state index contributed by atoms with van der Waals surface area (Å²) in [6, 6.07) is 8.65. The zero-order valence-corrected chi connectivity index (χ0v) is 13.9. The molecule has 1 heterocycles. The van der Waals surface area contributed by atoms with Gasteiger partial charge in [-0.25, -0.2) is 13.1 Å². The highest BCUT2D eigenvalue weighted by atomic mass is 32.2. The highest BCUT2D eigenvalue weighted by molar-refractivity contribution is 7.88. The van der Waals surface area contributed by atoms with E-state index >= 15 is 0 Å². The first-order valence-corrected chi connectivity index (χ1v) is 9.29. The maximum absolute atomic E-state index is 12.3. The lowest BCUT2D eigenvalue weighted by Crippen LogP contribution is -2.28. The first-order chi connectivity index (χ1) is 9.89. The minimum Gasteiger partial charge on any atom is -0.389 e. The SMILES string of the molecule is CC(NS(=O)(=O)Cc1ccccc1C(N)=S)c1ccsc1. The highest BCUT2D eigenvalue weighted by Gasteiger charge is 2.18. The van der Waals surface area contributed by atoms with E-state index in [2.05, 4.69) is 4.72 Å². The summed E-state index contributed by atoms with van der Waals surface area (Å²) in [5, 5.41) is 3.85. The van der Waals surface area contributed by atoms with Gasteiger partial charge in [-0.2, -0.15) is 11.3 Å². The number of hydrogen-bond acceptors (Lipinski definition) is 4. The van der Waals surface area contributed by atoms with Crippen LogP contribution in [0.2, 0.25) is 0 Å². The van der Waals surface area contributed by atoms with E-state index in [0.717, 1.165) is 5.56 Å². The van der Waals surface area contributed by atoms with Gasteiger partial charge >= 0.3 is 0 Å². The Labute approximate surface area is 134 Å². The van der Waals surface area contributed by atoms with Crippen LogP contribution in [0.5, 0.6) is 0 Å². The van der Waals surface area contributed by atoms with E-state index in [-0.39, 0.29) is 16.8 Å². The van der Waals surface area contributed by atoms with Crippen LogP contribution in [0.1, 0.15) is 29.7 Å². The fraction of sp³-hybridized carbons (Fsp3) is 0.214. The third-order valence-corrected chi connectivity index (χ3v) is 5.35. The van der Waals surface area contributed by atoms with Crippen LogP contribution in [0.25, 0.3) is 0 Å². The second kappa shape index (κ2) is 6.65. The number of benzene rings is 1. The van der Waals surface area contributed by atoms with Crippen molar-refractivity contribution in [2.24, 2.45) is 5.73 Å². The van der Waals surface area contributed by atoms with Gasteiger partial charge in [0.15, 0.2) is 0 Å². The van der Waals surface area contributed by atoms with E-state index in [4.69, 9.17) is 18.0 Å². The number of rotatable bonds is 6. The molecular formula is C14H16N2O2S3. The molecule has 1 aromatic carbocycles. The number of hydrogen-bond donors (Lipinski definition) is 2. The fourth-order valence-corrected chi connectivity index (χ4v) is 4.36. The first-order valence-electron chi connectivity index (χ1n) is 6.29. The molecule has 2 aromatic rings. The Hall–Kier alpha value is -1.28. The number of nitrogens with two attached hydrogens (primary N) is 1. The number of thiophene rings is 1. The molecule has 21 heavy (non-hydrogen) atoms. The number of thiocarbonyl (C=S) groups is 1. The van der Waals surface area contributed by atoms with Gasteiger partial charge < -0.3 is 5.73 Å². The van der Waals surface area contributed by atoms with Gasteiger partial charge in [0.2, 0.25) is 10.0 Å². The van der Waals surface area contributed by atoms with Crippen LogP contribution in [0.15, 0.2) is 41.1 Å². The smallest absolute Gasteiger partial charge is 0.216 e. The van der Waals surface area contributed by atoms with Crippen LogP contribution < -0.4 is 10.5 Å². The van der Waals surface area contributed by atoms with Gasteiger partial charge in [-0.1, -0.05) is 36.5 Å². The summed E-state index contributed by atoms with van der Waals surface area (Å²) in [6.07, 6.45) is 0. The van der Waals surface area contributed by atoms with Crippen LogP contribution in [-0.2, 0) is 15.8 Å². The molecule has 0 saturated heterocycles. The highest BCUT2D eigenvalue weighted by Crippen LogP contribution is 2.18. The van der Waals surface area contributed by atoms with Gasteiger partial charge in [0.05, 0.1) is 5.75 Å². The van der Waals surface area contributed by atoms with Crippen LogP contribution >= 0.6 is 23.6 Å². The Morgan fingerprint density at radius 2 is 2.10 bits per heavy atom. The molecule has 4 nitrogen and oxygen atoms in total. The number of sulfonamides is 1. The fourth-order valence-electron chi connectivity index (χ4n) is 1.99. The van der Waals surface area contributed by atoms with Crippen molar-refractivity contribution in [2.45, 2.75) is 18.7 Å². The van der Waals surface area contributed by atoms with Gasteiger partial charge in [-0.15, -0.1) is 0 Å². The molecule has 1 atom stereocenters. The van der Waals surface area contributed by atoms with E-state index in [1.807, 2.05) is 23.8 Å². The summed E-state index contributed by atoms with van der Waals surface area (Å²) < 4.78 is 27.2.